The van der Waals surface area contributed by atoms with Crippen molar-refractivity contribution in [2.45, 2.75) is 61.1 Å². The highest BCUT2D eigenvalue weighted by Crippen LogP contribution is 2.30. The van der Waals surface area contributed by atoms with Crippen molar-refractivity contribution >= 4 is 21.7 Å². The maximum absolute atomic E-state index is 12.6. The molecule has 1 atom stereocenters. The Kier molecular flexibility index (Phi) is 5.13. The Balaban J connectivity index is 1.75. The standard InChI is InChI=1S/C18H23NO5S/c20-17(21)12-14-4-3-11-19(14)18(22)13-7-9-16(10-8-13)25(23,24)15-5-1-2-6-15/h7-10,14-15H,1-6,11-12H2,(H,20,21). The van der Waals surface area contributed by atoms with Gasteiger partial charge in [0.2, 0.25) is 0 Å². The van der Waals surface area contributed by atoms with Gasteiger partial charge in [-0.25, -0.2) is 8.42 Å². The average molecular weight is 365 g/mol. The summed E-state index contributed by atoms with van der Waals surface area (Å²) < 4.78 is 25.2. The van der Waals surface area contributed by atoms with Crippen LogP contribution in [-0.2, 0) is 14.6 Å². The summed E-state index contributed by atoms with van der Waals surface area (Å²) in [5, 5.41) is 8.66. The van der Waals surface area contributed by atoms with Gasteiger partial charge in [0.15, 0.2) is 9.84 Å². The van der Waals surface area contributed by atoms with Crippen molar-refractivity contribution in [3.8, 4) is 0 Å². The zero-order valence-electron chi connectivity index (χ0n) is 14.1. The molecule has 1 aromatic rings. The number of rotatable bonds is 5. The first-order chi connectivity index (χ1) is 11.9. The van der Waals surface area contributed by atoms with Crippen LogP contribution in [-0.4, -0.2) is 48.1 Å². The molecule has 2 aliphatic rings. The number of likely N-dealkylation sites (tertiary alicyclic amines) is 1. The third-order valence-electron chi connectivity index (χ3n) is 5.22. The van der Waals surface area contributed by atoms with Crippen LogP contribution in [0.5, 0.6) is 0 Å². The van der Waals surface area contributed by atoms with Crippen molar-refractivity contribution in [3.63, 3.8) is 0 Å². The fourth-order valence-corrected chi connectivity index (χ4v) is 5.72. The van der Waals surface area contributed by atoms with Gasteiger partial charge in [-0.05, 0) is 49.9 Å². The van der Waals surface area contributed by atoms with Gasteiger partial charge in [0.05, 0.1) is 16.6 Å². The third-order valence-corrected chi connectivity index (χ3v) is 7.50. The van der Waals surface area contributed by atoms with E-state index in [1.807, 2.05) is 0 Å². The molecular weight excluding hydrogens is 342 g/mol. The van der Waals surface area contributed by atoms with E-state index < -0.39 is 15.8 Å². The summed E-state index contributed by atoms with van der Waals surface area (Å²) in [5.41, 5.74) is 0.405. The molecule has 1 aliphatic heterocycles. The molecule has 6 nitrogen and oxygen atoms in total. The summed E-state index contributed by atoms with van der Waals surface area (Å²) in [6.07, 6.45) is 4.71. The molecule has 0 spiro atoms. The van der Waals surface area contributed by atoms with Crippen molar-refractivity contribution in [1.82, 2.24) is 4.90 Å². The molecular formula is C18H23NO5S. The molecule has 1 unspecified atom stereocenters. The van der Waals surface area contributed by atoms with Crippen LogP contribution in [0.4, 0.5) is 0 Å². The molecule has 1 aromatic carbocycles. The van der Waals surface area contributed by atoms with E-state index in [0.29, 0.717) is 31.4 Å². The molecule has 1 amide bonds. The van der Waals surface area contributed by atoms with E-state index >= 15 is 0 Å². The SMILES string of the molecule is O=C(O)CC1CCCN1C(=O)c1ccc(S(=O)(=O)C2CCCC2)cc1. The molecule has 25 heavy (non-hydrogen) atoms. The number of carbonyl (C=O) groups is 2. The van der Waals surface area contributed by atoms with Gasteiger partial charge in [-0.15, -0.1) is 0 Å². The second kappa shape index (κ2) is 7.15. The fraction of sp³-hybridized carbons (Fsp3) is 0.556. The topological polar surface area (TPSA) is 91.8 Å². The Bertz CT molecular complexity index is 750. The Morgan fingerprint density at radius 3 is 2.28 bits per heavy atom. The number of sulfone groups is 1. The summed E-state index contributed by atoms with van der Waals surface area (Å²) in [4.78, 5) is 25.4. The first-order valence-corrected chi connectivity index (χ1v) is 10.3. The van der Waals surface area contributed by atoms with E-state index in [4.69, 9.17) is 5.11 Å². The van der Waals surface area contributed by atoms with Gasteiger partial charge in [0, 0.05) is 18.2 Å². The van der Waals surface area contributed by atoms with Crippen LogP contribution in [0.2, 0.25) is 0 Å². The van der Waals surface area contributed by atoms with Gasteiger partial charge in [0.25, 0.3) is 5.91 Å². The summed E-state index contributed by atoms with van der Waals surface area (Å²) in [5.74, 6) is -1.14. The van der Waals surface area contributed by atoms with E-state index in [2.05, 4.69) is 0 Å². The lowest BCUT2D eigenvalue weighted by Crippen LogP contribution is -2.36. The molecule has 1 aliphatic carbocycles. The maximum atomic E-state index is 12.6. The lowest BCUT2D eigenvalue weighted by molar-refractivity contribution is -0.137. The molecule has 1 saturated heterocycles. The highest BCUT2D eigenvalue weighted by atomic mass is 32.2. The number of carboxylic acid groups (broad SMARTS) is 1. The van der Waals surface area contributed by atoms with Crippen LogP contribution in [0.15, 0.2) is 29.2 Å². The number of benzene rings is 1. The minimum absolute atomic E-state index is 0.0557. The van der Waals surface area contributed by atoms with E-state index in [1.165, 1.54) is 12.1 Å². The molecule has 0 radical (unpaired) electrons. The summed E-state index contributed by atoms with van der Waals surface area (Å²) >= 11 is 0. The number of carboxylic acids is 1. The lowest BCUT2D eigenvalue weighted by atomic mass is 10.1. The van der Waals surface area contributed by atoms with Gasteiger partial charge in [0.1, 0.15) is 0 Å². The zero-order chi connectivity index (χ0) is 18.0. The van der Waals surface area contributed by atoms with Crippen LogP contribution in [0.25, 0.3) is 0 Å². The molecule has 136 valence electrons. The summed E-state index contributed by atoms with van der Waals surface area (Å²) in [6.45, 7) is 0.541. The molecule has 3 rings (SSSR count). The first-order valence-electron chi connectivity index (χ1n) is 8.76. The van der Waals surface area contributed by atoms with E-state index in [1.54, 1.807) is 17.0 Å². The van der Waals surface area contributed by atoms with E-state index in [0.717, 1.165) is 19.3 Å². The summed E-state index contributed by atoms with van der Waals surface area (Å²) in [7, 11) is -3.33. The van der Waals surface area contributed by atoms with Gasteiger partial charge in [-0.1, -0.05) is 12.8 Å². The van der Waals surface area contributed by atoms with Crippen LogP contribution >= 0.6 is 0 Å². The summed E-state index contributed by atoms with van der Waals surface area (Å²) in [6, 6.07) is 5.80. The van der Waals surface area contributed by atoms with Crippen LogP contribution in [0.3, 0.4) is 0 Å². The van der Waals surface area contributed by atoms with E-state index in [-0.39, 0.29) is 28.5 Å². The monoisotopic (exact) mass is 365 g/mol. The molecule has 0 bridgehead atoms. The van der Waals surface area contributed by atoms with Gasteiger partial charge in [-0.2, -0.15) is 0 Å². The molecule has 1 N–H and O–H groups in total. The number of carbonyl (C=O) groups excluding carboxylic acids is 1. The second-order valence-electron chi connectivity index (χ2n) is 6.87. The minimum atomic E-state index is -3.33. The Labute approximate surface area is 147 Å². The third kappa shape index (κ3) is 3.71. The quantitative estimate of drug-likeness (QED) is 0.865. The Hall–Kier alpha value is -1.89. The van der Waals surface area contributed by atoms with E-state index in [9.17, 15) is 18.0 Å². The molecule has 2 fully saturated rings. The average Bonchev–Trinajstić information content (AvgIpc) is 3.25. The highest BCUT2D eigenvalue weighted by Gasteiger charge is 2.32. The van der Waals surface area contributed by atoms with Crippen molar-refractivity contribution in [1.29, 1.82) is 0 Å². The number of hydrogen-bond donors (Lipinski definition) is 1. The largest absolute Gasteiger partial charge is 0.481 e. The molecule has 7 heteroatoms. The number of hydrogen-bond acceptors (Lipinski definition) is 4. The van der Waals surface area contributed by atoms with Crippen LogP contribution < -0.4 is 0 Å². The molecule has 0 aromatic heterocycles. The van der Waals surface area contributed by atoms with Crippen molar-refractivity contribution in [2.24, 2.45) is 0 Å². The number of nitrogens with zero attached hydrogens (tertiary/aromatic N) is 1. The maximum Gasteiger partial charge on any atom is 0.305 e. The predicted octanol–water partition coefficient (Wildman–Crippen LogP) is 2.48. The Morgan fingerprint density at radius 2 is 1.68 bits per heavy atom. The second-order valence-corrected chi connectivity index (χ2v) is 9.10. The van der Waals surface area contributed by atoms with Crippen molar-refractivity contribution < 1.29 is 23.1 Å². The minimum Gasteiger partial charge on any atom is -0.481 e. The smallest absolute Gasteiger partial charge is 0.305 e. The highest BCUT2D eigenvalue weighted by molar-refractivity contribution is 7.92. The zero-order valence-corrected chi connectivity index (χ0v) is 14.9. The van der Waals surface area contributed by atoms with Crippen LogP contribution in [0.1, 0.15) is 55.3 Å². The van der Waals surface area contributed by atoms with Crippen LogP contribution in [0, 0.1) is 0 Å². The molecule has 1 heterocycles. The lowest BCUT2D eigenvalue weighted by Gasteiger charge is -2.23. The fourth-order valence-electron chi connectivity index (χ4n) is 3.86. The van der Waals surface area contributed by atoms with Crippen molar-refractivity contribution in [3.05, 3.63) is 29.8 Å². The number of amides is 1. The van der Waals surface area contributed by atoms with Gasteiger partial charge < -0.3 is 10.0 Å². The molecule has 1 saturated carbocycles. The van der Waals surface area contributed by atoms with Crippen molar-refractivity contribution in [2.75, 3.05) is 6.54 Å². The normalized spacial score (nSPS) is 21.6. The number of aliphatic carboxylic acids is 1. The Morgan fingerprint density at radius 1 is 1.04 bits per heavy atom. The van der Waals surface area contributed by atoms with Gasteiger partial charge >= 0.3 is 5.97 Å². The predicted molar refractivity (Wildman–Crippen MR) is 92.2 cm³/mol. The first kappa shape index (κ1) is 17.9. The van der Waals surface area contributed by atoms with Gasteiger partial charge in [-0.3, -0.25) is 9.59 Å².